The molecule has 1 aromatic rings. The summed E-state index contributed by atoms with van der Waals surface area (Å²) in [6.45, 7) is 15.1. The zero-order valence-electron chi connectivity index (χ0n) is 16.8. The summed E-state index contributed by atoms with van der Waals surface area (Å²) in [5.74, 6) is 0.0300. The maximum Gasteiger partial charge on any atom is 0.303 e. The molecule has 0 amide bonds. The van der Waals surface area contributed by atoms with Crippen LogP contribution in [0.25, 0.3) is 0 Å². The second-order valence-electron chi connectivity index (χ2n) is 8.67. The maximum atomic E-state index is 10.9. The minimum atomic E-state index is -2.00. The van der Waals surface area contributed by atoms with Gasteiger partial charge in [0.1, 0.15) is 11.4 Å². The second kappa shape index (κ2) is 8.36. The summed E-state index contributed by atoms with van der Waals surface area (Å²) in [6, 6.07) is 9.71. The lowest BCUT2D eigenvalue weighted by atomic mass is 9.96. The third-order valence-corrected chi connectivity index (χ3v) is 9.49. The first kappa shape index (κ1) is 21.7. The van der Waals surface area contributed by atoms with Crippen LogP contribution in [0, 0.1) is 0 Å². The van der Waals surface area contributed by atoms with Crippen LogP contribution in [-0.4, -0.2) is 31.1 Å². The van der Waals surface area contributed by atoms with Crippen molar-refractivity contribution in [1.29, 1.82) is 0 Å². The first-order valence-corrected chi connectivity index (χ1v) is 11.9. The van der Waals surface area contributed by atoms with Crippen molar-refractivity contribution in [1.82, 2.24) is 0 Å². The number of carbonyl (C=O) groups is 1. The molecule has 1 atom stereocenters. The average molecular weight is 367 g/mol. The van der Waals surface area contributed by atoms with Crippen molar-refractivity contribution in [2.24, 2.45) is 0 Å². The number of hydrogen-bond acceptors (Lipinski definition) is 3. The second-order valence-corrected chi connectivity index (χ2v) is 13.4. The summed E-state index contributed by atoms with van der Waals surface area (Å²) in [5.41, 5.74) is -0.546. The van der Waals surface area contributed by atoms with E-state index in [0.717, 1.165) is 5.75 Å². The van der Waals surface area contributed by atoms with Crippen molar-refractivity contribution < 1.29 is 19.1 Å². The van der Waals surface area contributed by atoms with E-state index in [0.29, 0.717) is 12.8 Å². The SMILES string of the molecule is CC(C)(Oc1ccccc1)C(CCCC(=O)O)O[Si](C)(C)C(C)(C)C. The van der Waals surface area contributed by atoms with Crippen molar-refractivity contribution in [3.63, 3.8) is 0 Å². The van der Waals surface area contributed by atoms with Crippen LogP contribution in [0.1, 0.15) is 53.9 Å². The Morgan fingerprint density at radius 3 is 2.16 bits per heavy atom. The van der Waals surface area contributed by atoms with Gasteiger partial charge in [-0.25, -0.2) is 0 Å². The number of aliphatic carboxylic acids is 1. The molecular formula is C20H34O4Si. The summed E-state index contributed by atoms with van der Waals surface area (Å²) < 4.78 is 12.9. The van der Waals surface area contributed by atoms with Crippen molar-refractivity contribution >= 4 is 14.3 Å². The number of para-hydroxylation sites is 1. The molecule has 0 radical (unpaired) electrons. The number of hydrogen-bond donors (Lipinski definition) is 1. The summed E-state index contributed by atoms with van der Waals surface area (Å²) in [7, 11) is -2.00. The largest absolute Gasteiger partial charge is 0.485 e. The molecule has 1 N–H and O–H groups in total. The van der Waals surface area contributed by atoms with Gasteiger partial charge in [-0.15, -0.1) is 0 Å². The summed E-state index contributed by atoms with van der Waals surface area (Å²) in [4.78, 5) is 10.9. The molecule has 142 valence electrons. The quantitative estimate of drug-likeness (QED) is 0.587. The van der Waals surface area contributed by atoms with E-state index in [1.807, 2.05) is 44.2 Å². The molecule has 25 heavy (non-hydrogen) atoms. The summed E-state index contributed by atoms with van der Waals surface area (Å²) >= 11 is 0. The van der Waals surface area contributed by atoms with Crippen LogP contribution < -0.4 is 4.74 Å². The maximum absolute atomic E-state index is 10.9. The monoisotopic (exact) mass is 366 g/mol. The molecule has 0 spiro atoms. The molecule has 0 saturated heterocycles. The summed E-state index contributed by atoms with van der Waals surface area (Å²) in [5, 5.41) is 9.05. The molecule has 5 heteroatoms. The lowest BCUT2D eigenvalue weighted by Gasteiger charge is -2.44. The molecule has 0 aromatic heterocycles. The summed E-state index contributed by atoms with van der Waals surface area (Å²) in [6.07, 6.45) is 1.24. The van der Waals surface area contributed by atoms with Gasteiger partial charge in [-0.05, 0) is 57.0 Å². The third-order valence-electron chi connectivity index (χ3n) is 5.00. The minimum Gasteiger partial charge on any atom is -0.485 e. The van der Waals surface area contributed by atoms with Crippen LogP contribution in [0.15, 0.2) is 30.3 Å². The van der Waals surface area contributed by atoms with Crippen LogP contribution in [0.2, 0.25) is 18.1 Å². The number of rotatable bonds is 9. The van der Waals surface area contributed by atoms with Gasteiger partial charge in [0.2, 0.25) is 0 Å². The van der Waals surface area contributed by atoms with Gasteiger partial charge >= 0.3 is 5.97 Å². The van der Waals surface area contributed by atoms with Crippen molar-refractivity contribution in [3.8, 4) is 5.75 Å². The molecule has 0 fully saturated rings. The molecule has 0 bridgehead atoms. The highest BCUT2D eigenvalue weighted by Gasteiger charge is 2.43. The van der Waals surface area contributed by atoms with Crippen LogP contribution in [0.5, 0.6) is 5.75 Å². The molecule has 0 aliphatic rings. The van der Waals surface area contributed by atoms with Crippen molar-refractivity contribution in [2.75, 3.05) is 0 Å². The zero-order chi connectivity index (χ0) is 19.3. The first-order valence-electron chi connectivity index (χ1n) is 8.99. The fourth-order valence-electron chi connectivity index (χ4n) is 2.38. The molecule has 0 heterocycles. The molecule has 1 rings (SSSR count). The fraction of sp³-hybridized carbons (Fsp3) is 0.650. The van der Waals surface area contributed by atoms with Crippen molar-refractivity contribution in [3.05, 3.63) is 30.3 Å². The lowest BCUT2D eigenvalue weighted by Crippen LogP contribution is -2.52. The molecule has 4 nitrogen and oxygen atoms in total. The third kappa shape index (κ3) is 6.82. The van der Waals surface area contributed by atoms with Gasteiger partial charge < -0.3 is 14.3 Å². The molecule has 0 aliphatic carbocycles. The van der Waals surface area contributed by atoms with E-state index in [-0.39, 0.29) is 17.6 Å². The Bertz CT molecular complexity index is 547. The number of carboxylic acid groups (broad SMARTS) is 1. The van der Waals surface area contributed by atoms with E-state index < -0.39 is 19.9 Å². The Hall–Kier alpha value is -1.33. The van der Waals surface area contributed by atoms with E-state index in [1.165, 1.54) is 0 Å². The van der Waals surface area contributed by atoms with E-state index in [2.05, 4.69) is 33.9 Å². The molecule has 1 unspecified atom stereocenters. The number of benzene rings is 1. The Labute approximate surface area is 153 Å². The highest BCUT2D eigenvalue weighted by molar-refractivity contribution is 6.74. The Morgan fingerprint density at radius 2 is 1.68 bits per heavy atom. The van der Waals surface area contributed by atoms with Gasteiger partial charge in [-0.2, -0.15) is 0 Å². The predicted octanol–water partition coefficient (Wildman–Crippen LogP) is 5.49. The average Bonchev–Trinajstić information content (AvgIpc) is 2.45. The van der Waals surface area contributed by atoms with E-state index in [4.69, 9.17) is 14.3 Å². The Balaban J connectivity index is 2.97. The normalized spacial score (nSPS) is 14.2. The van der Waals surface area contributed by atoms with Gasteiger partial charge in [-0.1, -0.05) is 39.0 Å². The van der Waals surface area contributed by atoms with E-state index in [9.17, 15) is 4.79 Å². The van der Waals surface area contributed by atoms with E-state index in [1.54, 1.807) is 0 Å². The number of ether oxygens (including phenoxy) is 1. The lowest BCUT2D eigenvalue weighted by molar-refractivity contribution is -0.137. The molecule has 0 aliphatic heterocycles. The Kier molecular flexibility index (Phi) is 7.26. The van der Waals surface area contributed by atoms with E-state index >= 15 is 0 Å². The smallest absolute Gasteiger partial charge is 0.303 e. The minimum absolute atomic E-state index is 0.0842. The van der Waals surface area contributed by atoms with Gasteiger partial charge in [0.25, 0.3) is 0 Å². The molecular weight excluding hydrogens is 332 g/mol. The standard InChI is InChI=1S/C20H34O4Si/c1-19(2,3)25(6,7)24-17(14-11-15-18(21)22)20(4,5)23-16-12-9-8-10-13-16/h8-10,12-13,17H,11,14-15H2,1-7H3,(H,21,22). The van der Waals surface area contributed by atoms with Gasteiger partial charge in [0, 0.05) is 6.42 Å². The fourth-order valence-corrected chi connectivity index (χ4v) is 3.84. The van der Waals surface area contributed by atoms with Gasteiger partial charge in [0.05, 0.1) is 6.10 Å². The first-order chi connectivity index (χ1) is 11.3. The van der Waals surface area contributed by atoms with Crippen molar-refractivity contribution in [2.45, 2.75) is 83.7 Å². The molecule has 0 saturated carbocycles. The van der Waals surface area contributed by atoms with Crippen LogP contribution in [0.3, 0.4) is 0 Å². The topological polar surface area (TPSA) is 55.8 Å². The molecule has 1 aromatic carbocycles. The highest BCUT2D eigenvalue weighted by Crippen LogP contribution is 2.40. The van der Waals surface area contributed by atoms with Gasteiger partial charge in [-0.3, -0.25) is 4.79 Å². The number of carboxylic acids is 1. The Morgan fingerprint density at radius 1 is 1.12 bits per heavy atom. The van der Waals surface area contributed by atoms with Crippen LogP contribution in [-0.2, 0) is 9.22 Å². The predicted molar refractivity (Wildman–Crippen MR) is 105 cm³/mol. The highest BCUT2D eigenvalue weighted by atomic mass is 28.4. The van der Waals surface area contributed by atoms with Crippen LogP contribution >= 0.6 is 0 Å². The zero-order valence-corrected chi connectivity index (χ0v) is 17.8. The van der Waals surface area contributed by atoms with Gasteiger partial charge in [0.15, 0.2) is 8.32 Å². The van der Waals surface area contributed by atoms with Crippen LogP contribution in [0.4, 0.5) is 0 Å².